The Morgan fingerprint density at radius 3 is 2.79 bits per heavy atom. The molecule has 0 radical (unpaired) electrons. The number of aliphatic hydroxyl groups excluding tert-OH is 1. The number of carbonyl (C=O) groups is 1. The highest BCUT2D eigenvalue weighted by Crippen LogP contribution is 2.20. The molecule has 0 aliphatic carbocycles. The van der Waals surface area contributed by atoms with Gasteiger partial charge in [0.25, 0.3) is 0 Å². The lowest BCUT2D eigenvalue weighted by atomic mass is 10.2. The van der Waals surface area contributed by atoms with Crippen molar-refractivity contribution in [3.63, 3.8) is 0 Å². The average Bonchev–Trinajstić information content (AvgIpc) is 2.59. The Morgan fingerprint density at radius 1 is 1.36 bits per heavy atom. The van der Waals surface area contributed by atoms with Crippen LogP contribution in [0.3, 0.4) is 0 Å². The zero-order chi connectivity index (χ0) is 10.1. The Hall–Kier alpha value is -1.81. The van der Waals surface area contributed by atoms with Gasteiger partial charge in [-0.1, -0.05) is 6.07 Å². The van der Waals surface area contributed by atoms with E-state index in [1.165, 1.54) is 6.07 Å². The third-order valence-corrected chi connectivity index (χ3v) is 1.97. The molecule has 2 N–H and O–H groups in total. The summed E-state index contributed by atoms with van der Waals surface area (Å²) in [6, 6.07) is 6.48. The summed E-state index contributed by atoms with van der Waals surface area (Å²) in [6.45, 7) is -0.0659. The summed E-state index contributed by atoms with van der Waals surface area (Å²) in [4.78, 5) is 10.6. The van der Waals surface area contributed by atoms with Crippen molar-refractivity contribution in [2.45, 2.75) is 6.61 Å². The molecule has 4 nitrogen and oxygen atoms in total. The first-order chi connectivity index (χ1) is 6.70. The van der Waals surface area contributed by atoms with Crippen LogP contribution in [0.15, 0.2) is 28.7 Å². The topological polar surface area (TPSA) is 70.7 Å². The van der Waals surface area contributed by atoms with Gasteiger partial charge in [-0.05, 0) is 23.8 Å². The predicted octanol–water partition coefficient (Wildman–Crippen LogP) is 1.62. The molecule has 0 aliphatic rings. The number of furan rings is 1. The van der Waals surface area contributed by atoms with Gasteiger partial charge in [0, 0.05) is 5.39 Å². The van der Waals surface area contributed by atoms with Gasteiger partial charge >= 0.3 is 5.97 Å². The van der Waals surface area contributed by atoms with Crippen LogP contribution in [0.1, 0.15) is 16.1 Å². The molecule has 0 unspecified atom stereocenters. The number of benzene rings is 1. The number of aromatic carboxylic acids is 1. The highest BCUT2D eigenvalue weighted by molar-refractivity contribution is 5.91. The van der Waals surface area contributed by atoms with E-state index in [-0.39, 0.29) is 12.4 Å². The molecule has 0 atom stereocenters. The Kier molecular flexibility index (Phi) is 1.98. The minimum absolute atomic E-state index is 0.0659. The molecular weight excluding hydrogens is 184 g/mol. The van der Waals surface area contributed by atoms with Crippen LogP contribution in [0.5, 0.6) is 0 Å². The first kappa shape index (κ1) is 8.77. The molecule has 72 valence electrons. The van der Waals surface area contributed by atoms with Gasteiger partial charge in [0.05, 0.1) is 6.61 Å². The lowest BCUT2D eigenvalue weighted by molar-refractivity contribution is 0.0665. The number of fused-ring (bicyclic) bond motifs is 1. The molecule has 2 aromatic rings. The smallest absolute Gasteiger partial charge is 0.371 e. The fourth-order valence-corrected chi connectivity index (χ4v) is 1.30. The normalized spacial score (nSPS) is 10.6. The van der Waals surface area contributed by atoms with Crippen molar-refractivity contribution in [2.24, 2.45) is 0 Å². The fourth-order valence-electron chi connectivity index (χ4n) is 1.30. The number of carboxylic acid groups (broad SMARTS) is 1. The quantitative estimate of drug-likeness (QED) is 0.758. The van der Waals surface area contributed by atoms with Gasteiger partial charge in [-0.15, -0.1) is 0 Å². The molecule has 1 aromatic carbocycles. The van der Waals surface area contributed by atoms with E-state index in [0.717, 1.165) is 5.56 Å². The maximum Gasteiger partial charge on any atom is 0.371 e. The zero-order valence-electron chi connectivity index (χ0n) is 7.23. The largest absolute Gasteiger partial charge is 0.475 e. The summed E-state index contributed by atoms with van der Waals surface area (Å²) in [6.07, 6.45) is 0. The van der Waals surface area contributed by atoms with Crippen LogP contribution in [0.2, 0.25) is 0 Å². The third-order valence-electron chi connectivity index (χ3n) is 1.97. The van der Waals surface area contributed by atoms with Crippen molar-refractivity contribution in [3.8, 4) is 0 Å². The number of hydrogen-bond acceptors (Lipinski definition) is 3. The van der Waals surface area contributed by atoms with Crippen LogP contribution in [-0.2, 0) is 6.61 Å². The Balaban J connectivity index is 2.60. The predicted molar refractivity (Wildman–Crippen MR) is 49.1 cm³/mol. The maximum absolute atomic E-state index is 10.6. The summed E-state index contributed by atoms with van der Waals surface area (Å²) in [5.41, 5.74) is 1.25. The van der Waals surface area contributed by atoms with Gasteiger partial charge < -0.3 is 14.6 Å². The molecule has 0 bridgehead atoms. The van der Waals surface area contributed by atoms with E-state index in [1.807, 2.05) is 0 Å². The van der Waals surface area contributed by atoms with E-state index in [0.29, 0.717) is 11.0 Å². The van der Waals surface area contributed by atoms with Crippen molar-refractivity contribution in [1.29, 1.82) is 0 Å². The lowest BCUT2D eigenvalue weighted by Crippen LogP contribution is -1.91. The van der Waals surface area contributed by atoms with Crippen LogP contribution in [0, 0.1) is 0 Å². The first-order valence-electron chi connectivity index (χ1n) is 4.07. The number of aliphatic hydroxyl groups is 1. The van der Waals surface area contributed by atoms with Gasteiger partial charge in [-0.25, -0.2) is 4.79 Å². The lowest BCUT2D eigenvalue weighted by Gasteiger charge is -1.93. The monoisotopic (exact) mass is 192 g/mol. The standard InChI is InChI=1S/C10H8O4/c11-5-6-1-2-8-7(3-6)4-9(14-8)10(12)13/h1-4,11H,5H2,(H,12,13). The van der Waals surface area contributed by atoms with Crippen molar-refractivity contribution in [1.82, 2.24) is 0 Å². The van der Waals surface area contributed by atoms with Crippen LogP contribution < -0.4 is 0 Å². The van der Waals surface area contributed by atoms with E-state index in [1.54, 1.807) is 18.2 Å². The van der Waals surface area contributed by atoms with Gasteiger partial charge in [0.1, 0.15) is 5.58 Å². The summed E-state index contributed by atoms with van der Waals surface area (Å²) in [5, 5.41) is 18.2. The second-order valence-corrected chi connectivity index (χ2v) is 2.95. The molecule has 0 fully saturated rings. The SMILES string of the molecule is O=C(O)c1cc2cc(CO)ccc2o1. The second kappa shape index (κ2) is 3.16. The second-order valence-electron chi connectivity index (χ2n) is 2.95. The summed E-state index contributed by atoms with van der Waals surface area (Å²) in [5.74, 6) is -1.18. The third kappa shape index (κ3) is 1.36. The van der Waals surface area contributed by atoms with Gasteiger partial charge in [0.15, 0.2) is 0 Å². The highest BCUT2D eigenvalue weighted by atomic mass is 16.4. The van der Waals surface area contributed by atoms with Gasteiger partial charge in [-0.2, -0.15) is 0 Å². The molecular formula is C10H8O4. The Morgan fingerprint density at radius 2 is 2.14 bits per heavy atom. The summed E-state index contributed by atoms with van der Waals surface area (Å²) >= 11 is 0. The molecule has 0 amide bonds. The van der Waals surface area contributed by atoms with E-state index in [9.17, 15) is 4.79 Å². The average molecular weight is 192 g/mol. The van der Waals surface area contributed by atoms with E-state index >= 15 is 0 Å². The molecule has 14 heavy (non-hydrogen) atoms. The van der Waals surface area contributed by atoms with Crippen molar-refractivity contribution in [3.05, 3.63) is 35.6 Å². The van der Waals surface area contributed by atoms with Crippen LogP contribution in [-0.4, -0.2) is 16.2 Å². The highest BCUT2D eigenvalue weighted by Gasteiger charge is 2.09. The Bertz CT molecular complexity index is 484. The van der Waals surface area contributed by atoms with Crippen LogP contribution in [0.4, 0.5) is 0 Å². The van der Waals surface area contributed by atoms with Crippen LogP contribution >= 0.6 is 0 Å². The molecule has 0 aliphatic heterocycles. The van der Waals surface area contributed by atoms with Gasteiger partial charge in [0.2, 0.25) is 5.76 Å². The molecule has 2 rings (SSSR count). The number of hydrogen-bond donors (Lipinski definition) is 2. The zero-order valence-corrected chi connectivity index (χ0v) is 7.23. The number of rotatable bonds is 2. The van der Waals surface area contributed by atoms with E-state index in [4.69, 9.17) is 14.6 Å². The molecule has 4 heteroatoms. The molecule has 1 aromatic heterocycles. The van der Waals surface area contributed by atoms with Crippen molar-refractivity contribution >= 4 is 16.9 Å². The van der Waals surface area contributed by atoms with Crippen molar-refractivity contribution in [2.75, 3.05) is 0 Å². The van der Waals surface area contributed by atoms with Gasteiger partial charge in [-0.3, -0.25) is 0 Å². The first-order valence-corrected chi connectivity index (χ1v) is 4.07. The molecule has 0 saturated carbocycles. The molecule has 1 heterocycles. The molecule has 0 saturated heterocycles. The maximum atomic E-state index is 10.6. The minimum Gasteiger partial charge on any atom is -0.475 e. The molecule has 0 spiro atoms. The number of carboxylic acids is 1. The summed E-state index contributed by atoms with van der Waals surface area (Å²) in [7, 11) is 0. The minimum atomic E-state index is -1.09. The van der Waals surface area contributed by atoms with Crippen LogP contribution in [0.25, 0.3) is 11.0 Å². The van der Waals surface area contributed by atoms with E-state index in [2.05, 4.69) is 0 Å². The Labute approximate surface area is 79.4 Å². The fraction of sp³-hybridized carbons (Fsp3) is 0.100. The van der Waals surface area contributed by atoms with E-state index < -0.39 is 5.97 Å². The van der Waals surface area contributed by atoms with Crippen molar-refractivity contribution < 1.29 is 19.4 Å². The summed E-state index contributed by atoms with van der Waals surface area (Å²) < 4.78 is 5.05.